The Bertz CT molecular complexity index is 940. The molecular formula is C20H18N4OS2. The van der Waals surface area contributed by atoms with Gasteiger partial charge in [0, 0.05) is 28.7 Å². The third-order valence-electron chi connectivity index (χ3n) is 3.66. The first-order chi connectivity index (χ1) is 13.3. The standard InChI is InChI=1S/C10H8N2OS.C10H10N2S/c13-12-9(10-11-6-7-14-10)8-4-2-1-3-5-8;11-9(10-12-6-7-13-10)8-4-2-1-3-5-8/h1-7,13H;1-7,9H,11H2/b12-9+;. The van der Waals surface area contributed by atoms with Crippen LogP contribution in [0.1, 0.15) is 27.2 Å². The van der Waals surface area contributed by atoms with Crippen molar-refractivity contribution >= 4 is 28.4 Å². The molecule has 0 amide bonds. The molecule has 0 aliphatic heterocycles. The molecule has 0 fully saturated rings. The maximum atomic E-state index is 8.91. The first-order valence-electron chi connectivity index (χ1n) is 8.17. The van der Waals surface area contributed by atoms with E-state index < -0.39 is 0 Å². The number of oxime groups is 1. The highest BCUT2D eigenvalue weighted by molar-refractivity contribution is 7.11. The van der Waals surface area contributed by atoms with Crippen molar-refractivity contribution in [3.05, 3.63) is 105 Å². The van der Waals surface area contributed by atoms with Crippen molar-refractivity contribution in [1.29, 1.82) is 0 Å². The van der Waals surface area contributed by atoms with E-state index in [-0.39, 0.29) is 6.04 Å². The summed E-state index contributed by atoms with van der Waals surface area (Å²) in [6.45, 7) is 0. The van der Waals surface area contributed by atoms with Crippen molar-refractivity contribution in [3.8, 4) is 0 Å². The van der Waals surface area contributed by atoms with Gasteiger partial charge in [-0.1, -0.05) is 65.8 Å². The number of rotatable bonds is 4. The van der Waals surface area contributed by atoms with Gasteiger partial charge < -0.3 is 10.9 Å². The summed E-state index contributed by atoms with van der Waals surface area (Å²) in [7, 11) is 0. The molecule has 136 valence electrons. The van der Waals surface area contributed by atoms with Crippen LogP contribution in [-0.4, -0.2) is 20.9 Å². The van der Waals surface area contributed by atoms with E-state index in [1.54, 1.807) is 23.7 Å². The predicted octanol–water partition coefficient (Wildman–Crippen LogP) is 4.56. The minimum absolute atomic E-state index is 0.0822. The molecule has 5 nitrogen and oxygen atoms in total. The molecule has 3 N–H and O–H groups in total. The zero-order valence-electron chi connectivity index (χ0n) is 14.3. The Morgan fingerprint density at radius 2 is 1.52 bits per heavy atom. The van der Waals surface area contributed by atoms with Gasteiger partial charge >= 0.3 is 0 Å². The van der Waals surface area contributed by atoms with Crippen LogP contribution in [0.15, 0.2) is 89.0 Å². The van der Waals surface area contributed by atoms with E-state index in [1.807, 2.05) is 71.4 Å². The number of hydrogen-bond acceptors (Lipinski definition) is 7. The van der Waals surface area contributed by atoms with Gasteiger partial charge in [-0.3, -0.25) is 0 Å². The lowest BCUT2D eigenvalue weighted by atomic mass is 10.1. The molecule has 2 aromatic carbocycles. The fourth-order valence-corrected chi connectivity index (χ4v) is 3.66. The Hall–Kier alpha value is -2.87. The molecular weight excluding hydrogens is 376 g/mol. The van der Waals surface area contributed by atoms with Crippen LogP contribution < -0.4 is 5.73 Å². The van der Waals surface area contributed by atoms with Crippen LogP contribution in [0.3, 0.4) is 0 Å². The Labute approximate surface area is 165 Å². The van der Waals surface area contributed by atoms with Crippen LogP contribution >= 0.6 is 22.7 Å². The summed E-state index contributed by atoms with van der Waals surface area (Å²) < 4.78 is 0. The largest absolute Gasteiger partial charge is 0.410 e. The van der Waals surface area contributed by atoms with Crippen LogP contribution in [0.5, 0.6) is 0 Å². The molecule has 0 bridgehead atoms. The molecule has 0 saturated heterocycles. The fraction of sp³-hybridized carbons (Fsp3) is 0.0500. The molecule has 4 rings (SSSR count). The summed E-state index contributed by atoms with van der Waals surface area (Å²) in [6, 6.07) is 19.4. The Morgan fingerprint density at radius 1 is 0.889 bits per heavy atom. The zero-order chi connectivity index (χ0) is 18.9. The van der Waals surface area contributed by atoms with E-state index >= 15 is 0 Å². The molecule has 27 heavy (non-hydrogen) atoms. The predicted molar refractivity (Wildman–Crippen MR) is 111 cm³/mol. The van der Waals surface area contributed by atoms with Gasteiger partial charge in [-0.2, -0.15) is 0 Å². The average molecular weight is 395 g/mol. The molecule has 0 radical (unpaired) electrons. The molecule has 2 aromatic heterocycles. The Kier molecular flexibility index (Phi) is 6.81. The first kappa shape index (κ1) is 18.9. The van der Waals surface area contributed by atoms with Crippen molar-refractivity contribution in [1.82, 2.24) is 9.97 Å². The first-order valence-corrected chi connectivity index (χ1v) is 9.92. The van der Waals surface area contributed by atoms with Gasteiger partial charge in [0.05, 0.1) is 6.04 Å². The number of hydrogen-bond donors (Lipinski definition) is 2. The van der Waals surface area contributed by atoms with Crippen LogP contribution in [0.4, 0.5) is 0 Å². The molecule has 0 aliphatic carbocycles. The maximum absolute atomic E-state index is 8.91. The second kappa shape index (κ2) is 9.72. The lowest BCUT2D eigenvalue weighted by molar-refractivity contribution is 0.319. The SMILES string of the molecule is NC(c1ccccc1)c1nccs1.O/N=C(\c1ccccc1)c1nccs1. The summed E-state index contributed by atoms with van der Waals surface area (Å²) >= 11 is 3.04. The van der Waals surface area contributed by atoms with Gasteiger partial charge in [-0.15, -0.1) is 22.7 Å². The van der Waals surface area contributed by atoms with Gasteiger partial charge in [0.15, 0.2) is 0 Å². The number of aromatic nitrogens is 2. The number of nitrogens with zero attached hydrogens (tertiary/aromatic N) is 3. The highest BCUT2D eigenvalue weighted by atomic mass is 32.1. The Morgan fingerprint density at radius 3 is 2.07 bits per heavy atom. The smallest absolute Gasteiger partial charge is 0.145 e. The van der Waals surface area contributed by atoms with Gasteiger partial charge in [0.25, 0.3) is 0 Å². The van der Waals surface area contributed by atoms with Gasteiger partial charge in [-0.05, 0) is 5.56 Å². The van der Waals surface area contributed by atoms with E-state index in [1.165, 1.54) is 11.3 Å². The summed E-state index contributed by atoms with van der Waals surface area (Å²) in [6.07, 6.45) is 3.47. The molecule has 4 aromatic rings. The van der Waals surface area contributed by atoms with Gasteiger partial charge in [0.2, 0.25) is 0 Å². The minimum Gasteiger partial charge on any atom is -0.410 e. The molecule has 1 atom stereocenters. The van der Waals surface area contributed by atoms with Crippen molar-refractivity contribution in [3.63, 3.8) is 0 Å². The van der Waals surface area contributed by atoms with Gasteiger partial charge in [0.1, 0.15) is 15.7 Å². The van der Waals surface area contributed by atoms with Crippen molar-refractivity contribution in [2.45, 2.75) is 6.04 Å². The van der Waals surface area contributed by atoms with E-state index in [2.05, 4.69) is 15.1 Å². The van der Waals surface area contributed by atoms with E-state index in [4.69, 9.17) is 10.9 Å². The normalized spacial score (nSPS) is 12.1. The topological polar surface area (TPSA) is 84.4 Å². The van der Waals surface area contributed by atoms with E-state index in [9.17, 15) is 0 Å². The maximum Gasteiger partial charge on any atom is 0.145 e. The quantitative estimate of drug-likeness (QED) is 0.302. The number of nitrogens with two attached hydrogens (primary N) is 1. The minimum atomic E-state index is -0.0822. The monoisotopic (exact) mass is 394 g/mol. The van der Waals surface area contributed by atoms with Gasteiger partial charge in [-0.25, -0.2) is 9.97 Å². The van der Waals surface area contributed by atoms with Crippen molar-refractivity contribution in [2.75, 3.05) is 0 Å². The highest BCUT2D eigenvalue weighted by Gasteiger charge is 2.10. The van der Waals surface area contributed by atoms with Crippen LogP contribution in [0.2, 0.25) is 0 Å². The van der Waals surface area contributed by atoms with Crippen LogP contribution in [0.25, 0.3) is 0 Å². The lowest BCUT2D eigenvalue weighted by Crippen LogP contribution is -2.10. The summed E-state index contributed by atoms with van der Waals surface area (Å²) in [5, 5.41) is 17.6. The molecule has 0 aliphatic rings. The molecule has 2 heterocycles. The van der Waals surface area contributed by atoms with Crippen molar-refractivity contribution in [2.24, 2.45) is 10.9 Å². The van der Waals surface area contributed by atoms with Crippen LogP contribution in [0, 0.1) is 0 Å². The average Bonchev–Trinajstić information content (AvgIpc) is 3.45. The molecule has 0 saturated carbocycles. The van der Waals surface area contributed by atoms with E-state index in [0.29, 0.717) is 5.71 Å². The Balaban J connectivity index is 0.000000156. The molecule has 0 spiro atoms. The highest BCUT2D eigenvalue weighted by Crippen LogP contribution is 2.20. The van der Waals surface area contributed by atoms with E-state index in [0.717, 1.165) is 21.1 Å². The summed E-state index contributed by atoms with van der Waals surface area (Å²) in [5.41, 5.74) is 8.50. The second-order valence-electron chi connectivity index (χ2n) is 5.41. The zero-order valence-corrected chi connectivity index (χ0v) is 16.0. The lowest BCUT2D eigenvalue weighted by Gasteiger charge is -2.07. The third-order valence-corrected chi connectivity index (χ3v) is 5.30. The second-order valence-corrected chi connectivity index (χ2v) is 7.23. The van der Waals surface area contributed by atoms with Crippen molar-refractivity contribution < 1.29 is 5.21 Å². The molecule has 1 unspecified atom stereocenters. The third kappa shape index (κ3) is 5.07. The number of thiazole rings is 2. The van der Waals surface area contributed by atoms with Crippen LogP contribution in [-0.2, 0) is 0 Å². The number of benzene rings is 2. The molecule has 7 heteroatoms. The summed E-state index contributed by atoms with van der Waals surface area (Å²) in [4.78, 5) is 8.28. The fourth-order valence-electron chi connectivity index (χ4n) is 2.35. The summed E-state index contributed by atoms with van der Waals surface area (Å²) in [5.74, 6) is 0.